The molecule has 0 spiro atoms. The Morgan fingerprint density at radius 1 is 1.14 bits per heavy atom. The van der Waals surface area contributed by atoms with Gasteiger partial charge in [-0.15, -0.1) is 11.8 Å². The summed E-state index contributed by atoms with van der Waals surface area (Å²) in [6.07, 6.45) is 3.88. The highest BCUT2D eigenvalue weighted by atomic mass is 32.2. The van der Waals surface area contributed by atoms with Crippen molar-refractivity contribution < 1.29 is 4.79 Å². The van der Waals surface area contributed by atoms with Gasteiger partial charge in [-0.1, -0.05) is 49.7 Å². The summed E-state index contributed by atoms with van der Waals surface area (Å²) in [4.78, 5) is 13.7. The third-order valence-electron chi connectivity index (χ3n) is 3.43. The van der Waals surface area contributed by atoms with Crippen molar-refractivity contribution in [3.63, 3.8) is 0 Å². The zero-order valence-corrected chi connectivity index (χ0v) is 13.3. The van der Waals surface area contributed by atoms with Gasteiger partial charge in [0.25, 0.3) is 0 Å². The van der Waals surface area contributed by atoms with Gasteiger partial charge in [0.15, 0.2) is 0 Å². The van der Waals surface area contributed by atoms with Crippen molar-refractivity contribution in [2.24, 2.45) is 0 Å². The van der Waals surface area contributed by atoms with Crippen molar-refractivity contribution in [2.75, 3.05) is 11.6 Å². The minimum atomic E-state index is -0.0888. The molecule has 0 aliphatic carbocycles. The van der Waals surface area contributed by atoms with Crippen LogP contribution in [-0.2, 0) is 4.79 Å². The molecule has 2 aromatic carbocycles. The van der Waals surface area contributed by atoms with E-state index in [2.05, 4.69) is 12.2 Å². The lowest BCUT2D eigenvalue weighted by atomic mass is 9.93. The van der Waals surface area contributed by atoms with E-state index in [1.54, 1.807) is 11.8 Å². The molecule has 0 fully saturated rings. The second-order valence-corrected chi connectivity index (χ2v) is 5.85. The van der Waals surface area contributed by atoms with E-state index >= 15 is 0 Å². The lowest BCUT2D eigenvalue weighted by Gasteiger charge is -2.17. The smallest absolute Gasteiger partial charge is 0.231 e. The van der Waals surface area contributed by atoms with E-state index in [1.165, 1.54) is 0 Å². The van der Waals surface area contributed by atoms with Crippen molar-refractivity contribution in [2.45, 2.75) is 30.6 Å². The van der Waals surface area contributed by atoms with Crippen molar-refractivity contribution in [3.05, 3.63) is 60.2 Å². The molecule has 21 heavy (non-hydrogen) atoms. The van der Waals surface area contributed by atoms with Crippen LogP contribution in [0.3, 0.4) is 0 Å². The van der Waals surface area contributed by atoms with Crippen LogP contribution in [-0.4, -0.2) is 12.2 Å². The molecule has 1 atom stereocenters. The normalized spacial score (nSPS) is 11.9. The molecule has 0 radical (unpaired) electrons. The molecular formula is C18H21NOS. The zero-order valence-electron chi connectivity index (χ0n) is 12.5. The molecule has 1 N–H and O–H groups in total. The van der Waals surface area contributed by atoms with Crippen LogP contribution in [0, 0.1) is 0 Å². The Bertz CT molecular complexity index is 583. The van der Waals surface area contributed by atoms with E-state index < -0.39 is 0 Å². The number of rotatable bonds is 6. The number of anilines is 1. The molecule has 1 unspecified atom stereocenters. The maximum Gasteiger partial charge on any atom is 0.231 e. The van der Waals surface area contributed by atoms with Gasteiger partial charge in [-0.25, -0.2) is 0 Å². The lowest BCUT2D eigenvalue weighted by Crippen LogP contribution is -2.21. The monoisotopic (exact) mass is 299 g/mol. The number of carbonyl (C=O) groups is 1. The van der Waals surface area contributed by atoms with E-state index in [0.29, 0.717) is 0 Å². The number of benzene rings is 2. The molecule has 0 saturated carbocycles. The Kier molecular flexibility index (Phi) is 5.88. The third-order valence-corrected chi connectivity index (χ3v) is 4.16. The summed E-state index contributed by atoms with van der Waals surface area (Å²) in [5, 5.41) is 3.05. The fourth-order valence-electron chi connectivity index (χ4n) is 2.35. The second-order valence-electron chi connectivity index (χ2n) is 4.97. The first-order valence-electron chi connectivity index (χ1n) is 7.24. The van der Waals surface area contributed by atoms with Crippen LogP contribution in [0.15, 0.2) is 59.5 Å². The Morgan fingerprint density at radius 3 is 2.57 bits per heavy atom. The van der Waals surface area contributed by atoms with Gasteiger partial charge in [0.2, 0.25) is 5.91 Å². The SMILES string of the molecule is CCCC(C(=O)Nc1cccc(SC)c1)c1ccccc1. The molecule has 2 nitrogen and oxygen atoms in total. The van der Waals surface area contributed by atoms with E-state index in [-0.39, 0.29) is 11.8 Å². The highest BCUT2D eigenvalue weighted by molar-refractivity contribution is 7.98. The molecular weight excluding hydrogens is 278 g/mol. The summed E-state index contributed by atoms with van der Waals surface area (Å²) < 4.78 is 0. The Balaban J connectivity index is 2.15. The van der Waals surface area contributed by atoms with Crippen LogP contribution in [0.2, 0.25) is 0 Å². The molecule has 0 aromatic heterocycles. The third kappa shape index (κ3) is 4.36. The number of hydrogen-bond acceptors (Lipinski definition) is 2. The molecule has 0 heterocycles. The van der Waals surface area contributed by atoms with E-state index in [0.717, 1.165) is 29.0 Å². The summed E-state index contributed by atoms with van der Waals surface area (Å²) in [6, 6.07) is 18.0. The van der Waals surface area contributed by atoms with Gasteiger partial charge in [0.1, 0.15) is 0 Å². The Hall–Kier alpha value is -1.74. The standard InChI is InChI=1S/C18H21NOS/c1-3-8-17(14-9-5-4-6-10-14)18(20)19-15-11-7-12-16(13-15)21-2/h4-7,9-13,17H,3,8H2,1-2H3,(H,19,20). The largest absolute Gasteiger partial charge is 0.326 e. The van der Waals surface area contributed by atoms with Gasteiger partial charge in [-0.2, -0.15) is 0 Å². The molecule has 2 rings (SSSR count). The van der Waals surface area contributed by atoms with Gasteiger partial charge in [0.05, 0.1) is 5.92 Å². The van der Waals surface area contributed by atoms with Gasteiger partial charge < -0.3 is 5.32 Å². The topological polar surface area (TPSA) is 29.1 Å². The van der Waals surface area contributed by atoms with E-state index in [9.17, 15) is 4.79 Å². The first-order chi connectivity index (χ1) is 10.2. The van der Waals surface area contributed by atoms with Crippen molar-refractivity contribution >= 4 is 23.4 Å². The fraction of sp³-hybridized carbons (Fsp3) is 0.278. The molecule has 3 heteroatoms. The maximum atomic E-state index is 12.6. The van der Waals surface area contributed by atoms with Crippen LogP contribution < -0.4 is 5.32 Å². The minimum absolute atomic E-state index is 0.0707. The summed E-state index contributed by atoms with van der Waals surface area (Å²) in [7, 11) is 0. The Morgan fingerprint density at radius 2 is 1.90 bits per heavy atom. The molecule has 2 aromatic rings. The molecule has 0 bridgehead atoms. The summed E-state index contributed by atoms with van der Waals surface area (Å²) in [6.45, 7) is 2.11. The van der Waals surface area contributed by atoms with Gasteiger partial charge in [0, 0.05) is 10.6 Å². The van der Waals surface area contributed by atoms with Crippen LogP contribution in [0.5, 0.6) is 0 Å². The van der Waals surface area contributed by atoms with E-state index in [1.807, 2.05) is 60.9 Å². The first-order valence-corrected chi connectivity index (χ1v) is 8.47. The number of carbonyl (C=O) groups excluding carboxylic acids is 1. The lowest BCUT2D eigenvalue weighted by molar-refractivity contribution is -0.117. The van der Waals surface area contributed by atoms with Crippen molar-refractivity contribution in [3.8, 4) is 0 Å². The number of nitrogens with one attached hydrogen (secondary N) is 1. The number of amides is 1. The second kappa shape index (κ2) is 7.89. The van der Waals surface area contributed by atoms with Crippen LogP contribution >= 0.6 is 11.8 Å². The average Bonchev–Trinajstić information content (AvgIpc) is 2.53. The molecule has 0 aliphatic rings. The maximum absolute atomic E-state index is 12.6. The van der Waals surface area contributed by atoms with E-state index in [4.69, 9.17) is 0 Å². The van der Waals surface area contributed by atoms with Gasteiger partial charge in [-0.05, 0) is 36.4 Å². The van der Waals surface area contributed by atoms with Crippen LogP contribution in [0.4, 0.5) is 5.69 Å². The fourth-order valence-corrected chi connectivity index (χ4v) is 2.81. The molecule has 1 amide bonds. The van der Waals surface area contributed by atoms with Crippen LogP contribution in [0.1, 0.15) is 31.2 Å². The molecule has 110 valence electrons. The van der Waals surface area contributed by atoms with Gasteiger partial charge in [-0.3, -0.25) is 4.79 Å². The average molecular weight is 299 g/mol. The summed E-state index contributed by atoms with van der Waals surface area (Å²) in [5.74, 6) is -0.0181. The zero-order chi connectivity index (χ0) is 15.1. The highest BCUT2D eigenvalue weighted by Gasteiger charge is 2.19. The van der Waals surface area contributed by atoms with Crippen molar-refractivity contribution in [1.82, 2.24) is 0 Å². The highest BCUT2D eigenvalue weighted by Crippen LogP contribution is 2.24. The quantitative estimate of drug-likeness (QED) is 0.766. The summed E-state index contributed by atoms with van der Waals surface area (Å²) >= 11 is 1.67. The Labute approximate surface area is 131 Å². The van der Waals surface area contributed by atoms with Gasteiger partial charge >= 0.3 is 0 Å². The number of thioether (sulfide) groups is 1. The summed E-state index contributed by atoms with van der Waals surface area (Å²) in [5.41, 5.74) is 1.95. The minimum Gasteiger partial charge on any atom is -0.326 e. The first kappa shape index (κ1) is 15.6. The molecule has 0 aliphatic heterocycles. The van der Waals surface area contributed by atoms with Crippen LogP contribution in [0.25, 0.3) is 0 Å². The van der Waals surface area contributed by atoms with Crippen molar-refractivity contribution in [1.29, 1.82) is 0 Å². The predicted molar refractivity (Wildman–Crippen MR) is 90.9 cm³/mol. The predicted octanol–water partition coefficient (Wildman–Crippen LogP) is 4.93. The molecule has 0 saturated heterocycles. The number of hydrogen-bond donors (Lipinski definition) is 1.